The van der Waals surface area contributed by atoms with Gasteiger partial charge in [0.15, 0.2) is 0 Å². The average molecular weight is 253 g/mol. The van der Waals surface area contributed by atoms with Gasteiger partial charge in [0, 0.05) is 11.6 Å². The summed E-state index contributed by atoms with van der Waals surface area (Å²) in [5.41, 5.74) is 7.23. The smallest absolute Gasteiger partial charge is 0.142 e. The SMILES string of the molecule is CCC(C)CC(C)Nc1snc(N)c1C1CC1. The highest BCUT2D eigenvalue weighted by Gasteiger charge is 2.30. The number of nitrogens with two attached hydrogens (primary N) is 1. The fraction of sp³-hybridized carbons (Fsp3) is 0.769. The Labute approximate surface area is 108 Å². The molecule has 1 aliphatic carbocycles. The first kappa shape index (κ1) is 12.7. The maximum Gasteiger partial charge on any atom is 0.142 e. The number of hydrogen-bond donors (Lipinski definition) is 2. The van der Waals surface area contributed by atoms with Gasteiger partial charge in [0.25, 0.3) is 0 Å². The lowest BCUT2D eigenvalue weighted by Crippen LogP contribution is -2.18. The molecule has 1 aromatic heterocycles. The normalized spacial score (nSPS) is 19.0. The molecule has 2 rings (SSSR count). The van der Waals surface area contributed by atoms with Crippen molar-refractivity contribution in [2.75, 3.05) is 11.1 Å². The van der Waals surface area contributed by atoms with E-state index in [-0.39, 0.29) is 0 Å². The van der Waals surface area contributed by atoms with Gasteiger partial charge in [0.05, 0.1) is 0 Å². The van der Waals surface area contributed by atoms with Crippen LogP contribution in [-0.2, 0) is 0 Å². The first-order valence-corrected chi connectivity index (χ1v) is 7.40. The van der Waals surface area contributed by atoms with E-state index in [0.717, 1.165) is 11.7 Å². The summed E-state index contributed by atoms with van der Waals surface area (Å²) in [6.07, 6.45) is 5.00. The molecule has 0 bridgehead atoms. The maximum absolute atomic E-state index is 5.94. The number of aromatic nitrogens is 1. The predicted molar refractivity (Wildman–Crippen MR) is 75.7 cm³/mol. The molecule has 96 valence electrons. The summed E-state index contributed by atoms with van der Waals surface area (Å²) in [7, 11) is 0. The Morgan fingerprint density at radius 2 is 2.18 bits per heavy atom. The first-order valence-electron chi connectivity index (χ1n) is 6.63. The zero-order valence-electron chi connectivity index (χ0n) is 11.0. The summed E-state index contributed by atoms with van der Waals surface area (Å²) < 4.78 is 4.29. The molecule has 0 aliphatic heterocycles. The molecule has 1 fully saturated rings. The lowest BCUT2D eigenvalue weighted by molar-refractivity contribution is 0.484. The highest BCUT2D eigenvalue weighted by molar-refractivity contribution is 7.10. The van der Waals surface area contributed by atoms with E-state index in [2.05, 4.69) is 30.5 Å². The Hall–Kier alpha value is -0.770. The molecule has 0 amide bonds. The fourth-order valence-corrected chi connectivity index (χ4v) is 3.14. The Balaban J connectivity index is 1.98. The Morgan fingerprint density at radius 3 is 2.76 bits per heavy atom. The summed E-state index contributed by atoms with van der Waals surface area (Å²) >= 11 is 1.52. The molecule has 4 heteroatoms. The van der Waals surface area contributed by atoms with Crippen LogP contribution in [0.1, 0.15) is 57.9 Å². The minimum atomic E-state index is 0.502. The van der Waals surface area contributed by atoms with E-state index in [9.17, 15) is 0 Å². The van der Waals surface area contributed by atoms with Gasteiger partial charge in [-0.2, -0.15) is 4.37 Å². The number of rotatable bonds is 6. The molecular formula is C13H23N3S. The van der Waals surface area contributed by atoms with Gasteiger partial charge < -0.3 is 11.1 Å². The number of anilines is 2. The number of hydrogen-bond acceptors (Lipinski definition) is 4. The van der Waals surface area contributed by atoms with Crippen molar-refractivity contribution in [3.8, 4) is 0 Å². The third-order valence-corrected chi connectivity index (χ3v) is 4.38. The average Bonchev–Trinajstić information content (AvgIpc) is 3.05. The quantitative estimate of drug-likeness (QED) is 0.810. The van der Waals surface area contributed by atoms with Crippen molar-refractivity contribution < 1.29 is 0 Å². The van der Waals surface area contributed by atoms with Crippen LogP contribution in [0, 0.1) is 5.92 Å². The zero-order chi connectivity index (χ0) is 12.4. The van der Waals surface area contributed by atoms with Crippen molar-refractivity contribution in [3.63, 3.8) is 0 Å². The molecule has 0 radical (unpaired) electrons. The van der Waals surface area contributed by atoms with E-state index in [1.807, 2.05) is 0 Å². The molecule has 0 saturated heterocycles. The van der Waals surface area contributed by atoms with Crippen LogP contribution in [0.25, 0.3) is 0 Å². The molecule has 3 nitrogen and oxygen atoms in total. The number of nitrogen functional groups attached to an aromatic ring is 1. The van der Waals surface area contributed by atoms with Gasteiger partial charge in [-0.05, 0) is 49.6 Å². The molecule has 0 spiro atoms. The van der Waals surface area contributed by atoms with E-state index in [1.165, 1.54) is 47.8 Å². The molecule has 0 aromatic carbocycles. The number of nitrogens with one attached hydrogen (secondary N) is 1. The Bertz CT molecular complexity index is 371. The summed E-state index contributed by atoms with van der Waals surface area (Å²) in [4.78, 5) is 0. The minimum absolute atomic E-state index is 0.502. The van der Waals surface area contributed by atoms with Gasteiger partial charge in [-0.1, -0.05) is 20.3 Å². The first-order chi connectivity index (χ1) is 8.11. The van der Waals surface area contributed by atoms with E-state index in [4.69, 9.17) is 5.73 Å². The lowest BCUT2D eigenvalue weighted by atomic mass is 10.0. The van der Waals surface area contributed by atoms with Crippen LogP contribution < -0.4 is 11.1 Å². The fourth-order valence-electron chi connectivity index (χ4n) is 2.23. The molecular weight excluding hydrogens is 230 g/mol. The summed E-state index contributed by atoms with van der Waals surface area (Å²) in [5, 5.41) is 4.80. The van der Waals surface area contributed by atoms with Crippen LogP contribution in [0.5, 0.6) is 0 Å². The van der Waals surface area contributed by atoms with Crippen LogP contribution in [-0.4, -0.2) is 10.4 Å². The number of nitrogens with zero attached hydrogens (tertiary/aromatic N) is 1. The van der Waals surface area contributed by atoms with Crippen molar-refractivity contribution in [1.82, 2.24) is 4.37 Å². The molecule has 1 aliphatic rings. The maximum atomic E-state index is 5.94. The Kier molecular flexibility index (Phi) is 3.92. The van der Waals surface area contributed by atoms with Crippen LogP contribution in [0.15, 0.2) is 0 Å². The predicted octanol–water partition coefficient (Wildman–Crippen LogP) is 3.84. The summed E-state index contributed by atoms with van der Waals surface area (Å²) in [5.74, 6) is 2.19. The van der Waals surface area contributed by atoms with Crippen LogP contribution in [0.3, 0.4) is 0 Å². The van der Waals surface area contributed by atoms with Crippen molar-refractivity contribution in [1.29, 1.82) is 0 Å². The molecule has 1 aromatic rings. The van der Waals surface area contributed by atoms with Gasteiger partial charge in [0.1, 0.15) is 10.8 Å². The second-order valence-corrected chi connectivity index (χ2v) is 6.15. The van der Waals surface area contributed by atoms with Crippen molar-refractivity contribution in [2.24, 2.45) is 5.92 Å². The minimum Gasteiger partial charge on any atom is -0.383 e. The molecule has 2 unspecified atom stereocenters. The summed E-state index contributed by atoms with van der Waals surface area (Å²) in [6.45, 7) is 6.80. The highest BCUT2D eigenvalue weighted by Crippen LogP contribution is 2.47. The van der Waals surface area contributed by atoms with Crippen molar-refractivity contribution >= 4 is 22.4 Å². The van der Waals surface area contributed by atoms with Crippen LogP contribution >= 0.6 is 11.5 Å². The third kappa shape index (κ3) is 3.12. The molecule has 1 saturated carbocycles. The monoisotopic (exact) mass is 253 g/mol. The highest BCUT2D eigenvalue weighted by atomic mass is 32.1. The van der Waals surface area contributed by atoms with Gasteiger partial charge >= 0.3 is 0 Å². The molecule has 1 heterocycles. The van der Waals surface area contributed by atoms with Crippen LogP contribution in [0.4, 0.5) is 10.8 Å². The molecule has 2 atom stereocenters. The van der Waals surface area contributed by atoms with Gasteiger partial charge in [0.2, 0.25) is 0 Å². The molecule has 17 heavy (non-hydrogen) atoms. The second-order valence-electron chi connectivity index (χ2n) is 5.38. The topological polar surface area (TPSA) is 50.9 Å². The third-order valence-electron chi connectivity index (χ3n) is 3.57. The zero-order valence-corrected chi connectivity index (χ0v) is 11.8. The lowest BCUT2D eigenvalue weighted by Gasteiger charge is -2.18. The summed E-state index contributed by atoms with van der Waals surface area (Å²) in [6, 6.07) is 0.502. The van der Waals surface area contributed by atoms with E-state index in [1.54, 1.807) is 0 Å². The van der Waals surface area contributed by atoms with E-state index in [0.29, 0.717) is 12.0 Å². The largest absolute Gasteiger partial charge is 0.383 e. The standard InChI is InChI=1S/C13H23N3S/c1-4-8(2)7-9(3)15-13-11(10-5-6-10)12(14)16-17-13/h8-10,15H,4-7H2,1-3H3,(H2,14,16). The van der Waals surface area contributed by atoms with E-state index < -0.39 is 0 Å². The van der Waals surface area contributed by atoms with Gasteiger partial charge in [-0.25, -0.2) is 0 Å². The Morgan fingerprint density at radius 1 is 1.47 bits per heavy atom. The molecule has 3 N–H and O–H groups in total. The van der Waals surface area contributed by atoms with Crippen molar-refractivity contribution in [2.45, 2.75) is 58.4 Å². The van der Waals surface area contributed by atoms with Gasteiger partial charge in [-0.15, -0.1) is 0 Å². The second kappa shape index (κ2) is 5.25. The van der Waals surface area contributed by atoms with E-state index >= 15 is 0 Å². The van der Waals surface area contributed by atoms with Gasteiger partial charge in [-0.3, -0.25) is 0 Å². The van der Waals surface area contributed by atoms with Crippen LogP contribution in [0.2, 0.25) is 0 Å². The van der Waals surface area contributed by atoms with Crippen molar-refractivity contribution in [3.05, 3.63) is 5.56 Å².